The van der Waals surface area contributed by atoms with E-state index in [2.05, 4.69) is 33.0 Å². The quantitative estimate of drug-likeness (QED) is 0.304. The maximum Gasteiger partial charge on any atom is 0.410 e. The Morgan fingerprint density at radius 3 is 2.62 bits per heavy atom. The van der Waals surface area contributed by atoms with E-state index in [4.69, 9.17) is 9.72 Å². The Hall–Kier alpha value is -3.86. The number of aromatic nitrogens is 5. The topological polar surface area (TPSA) is 92.2 Å². The molecule has 42 heavy (non-hydrogen) atoms. The van der Waals surface area contributed by atoms with E-state index in [1.807, 2.05) is 57.4 Å². The molecule has 11 heteroatoms. The number of hydrogen-bond donors (Lipinski definition) is 1. The molecule has 1 aromatic carbocycles. The molecule has 1 amide bonds. The minimum atomic E-state index is -2.55. The first kappa shape index (κ1) is 28.3. The van der Waals surface area contributed by atoms with E-state index in [0.717, 1.165) is 46.8 Å². The van der Waals surface area contributed by atoms with Gasteiger partial charge in [0.2, 0.25) is 0 Å². The number of benzene rings is 1. The number of halogens is 2. The molecule has 1 aliphatic carbocycles. The van der Waals surface area contributed by atoms with Gasteiger partial charge in [0.15, 0.2) is 0 Å². The lowest BCUT2D eigenvalue weighted by Crippen LogP contribution is -2.50. The lowest BCUT2D eigenvalue weighted by atomic mass is 10.1. The molecule has 0 bridgehead atoms. The summed E-state index contributed by atoms with van der Waals surface area (Å²) in [7, 11) is 0. The average Bonchev–Trinajstić information content (AvgIpc) is 3.27. The number of alkyl halides is 2. The van der Waals surface area contributed by atoms with Crippen molar-refractivity contribution < 1.29 is 18.3 Å². The number of ether oxygens (including phenoxy) is 1. The highest BCUT2D eigenvalue weighted by atomic mass is 19.3. The third kappa shape index (κ3) is 6.30. The van der Waals surface area contributed by atoms with E-state index in [1.165, 1.54) is 5.56 Å². The van der Waals surface area contributed by atoms with E-state index in [-0.39, 0.29) is 25.1 Å². The summed E-state index contributed by atoms with van der Waals surface area (Å²) in [5.41, 5.74) is 5.18. The Labute approximate surface area is 243 Å². The van der Waals surface area contributed by atoms with E-state index in [1.54, 1.807) is 15.8 Å². The Morgan fingerprint density at radius 1 is 1.14 bits per heavy atom. The van der Waals surface area contributed by atoms with Crippen LogP contribution in [0.3, 0.4) is 0 Å². The number of carbonyl (C=O) groups excluding carboxylic acids is 1. The number of carbonyl (C=O) groups is 1. The Morgan fingerprint density at radius 2 is 1.90 bits per heavy atom. The molecular formula is C31H37F2N7O2. The zero-order valence-electron chi connectivity index (χ0n) is 24.5. The summed E-state index contributed by atoms with van der Waals surface area (Å²) >= 11 is 0. The van der Waals surface area contributed by atoms with Crippen molar-refractivity contribution >= 4 is 17.1 Å². The first-order valence-corrected chi connectivity index (χ1v) is 14.5. The number of piperazine rings is 1. The van der Waals surface area contributed by atoms with Crippen LogP contribution in [0.2, 0.25) is 0 Å². The molecule has 2 unspecified atom stereocenters. The average molecular weight is 578 g/mol. The molecular weight excluding hydrogens is 540 g/mol. The summed E-state index contributed by atoms with van der Waals surface area (Å²) in [5.74, 6) is -2.35. The number of rotatable bonds is 7. The molecule has 2 fully saturated rings. The fraction of sp³-hybridized carbons (Fsp3) is 0.484. The van der Waals surface area contributed by atoms with Crippen LogP contribution in [-0.4, -0.2) is 78.3 Å². The second-order valence-corrected chi connectivity index (χ2v) is 12.5. The third-order valence-corrected chi connectivity index (χ3v) is 8.05. The maximum atomic E-state index is 13.3. The van der Waals surface area contributed by atoms with Gasteiger partial charge in [-0.2, -0.15) is 5.10 Å². The normalized spacial score (nSPS) is 19.7. The molecule has 222 valence electrons. The summed E-state index contributed by atoms with van der Waals surface area (Å²) in [6, 6.07) is 10.3. The Balaban J connectivity index is 1.09. The highest BCUT2D eigenvalue weighted by Crippen LogP contribution is 2.49. The first-order valence-electron chi connectivity index (χ1n) is 14.5. The van der Waals surface area contributed by atoms with Crippen molar-refractivity contribution in [2.45, 2.75) is 64.6 Å². The molecule has 1 saturated heterocycles. The number of nitrogens with one attached hydrogen (secondary N) is 1. The molecule has 3 aromatic heterocycles. The molecule has 4 aromatic rings. The van der Waals surface area contributed by atoms with Crippen LogP contribution in [0, 0.1) is 5.92 Å². The Kier molecular flexibility index (Phi) is 7.24. The van der Waals surface area contributed by atoms with Crippen LogP contribution in [0.25, 0.3) is 22.2 Å². The van der Waals surface area contributed by atoms with Crippen molar-refractivity contribution in [2.24, 2.45) is 5.92 Å². The molecule has 0 radical (unpaired) electrons. The van der Waals surface area contributed by atoms with Crippen molar-refractivity contribution in [3.05, 3.63) is 66.0 Å². The summed E-state index contributed by atoms with van der Waals surface area (Å²) < 4.78 is 33.7. The molecule has 6 rings (SSSR count). The summed E-state index contributed by atoms with van der Waals surface area (Å²) in [4.78, 5) is 29.4. The molecule has 0 spiro atoms. The minimum Gasteiger partial charge on any atom is -0.444 e. The van der Waals surface area contributed by atoms with E-state index >= 15 is 0 Å². The molecule has 4 heterocycles. The van der Waals surface area contributed by atoms with E-state index in [9.17, 15) is 13.6 Å². The van der Waals surface area contributed by atoms with Gasteiger partial charge in [-0.3, -0.25) is 14.6 Å². The zero-order valence-corrected chi connectivity index (χ0v) is 24.5. The number of fused-ring (bicyclic) bond motifs is 1. The monoisotopic (exact) mass is 577 g/mol. The van der Waals surface area contributed by atoms with Crippen molar-refractivity contribution in [3.8, 4) is 11.1 Å². The fourth-order valence-electron chi connectivity index (χ4n) is 5.49. The number of imidazole rings is 1. The predicted octanol–water partition coefficient (Wildman–Crippen LogP) is 5.68. The van der Waals surface area contributed by atoms with Crippen LogP contribution in [0.5, 0.6) is 0 Å². The molecule has 1 aliphatic heterocycles. The van der Waals surface area contributed by atoms with Crippen LogP contribution in [0.15, 0.2) is 48.9 Å². The van der Waals surface area contributed by atoms with E-state index < -0.39 is 17.4 Å². The van der Waals surface area contributed by atoms with Gasteiger partial charge in [-0.1, -0.05) is 6.07 Å². The Bertz CT molecular complexity index is 1580. The third-order valence-electron chi connectivity index (χ3n) is 8.05. The summed E-state index contributed by atoms with van der Waals surface area (Å²) in [5, 5.41) is 4.28. The van der Waals surface area contributed by atoms with Gasteiger partial charge in [0.25, 0.3) is 5.92 Å². The van der Waals surface area contributed by atoms with Crippen molar-refractivity contribution in [1.82, 2.24) is 34.5 Å². The smallest absolute Gasteiger partial charge is 0.410 e. The highest BCUT2D eigenvalue weighted by molar-refractivity contribution is 5.81. The van der Waals surface area contributed by atoms with Gasteiger partial charge < -0.3 is 14.6 Å². The molecule has 2 aliphatic rings. The van der Waals surface area contributed by atoms with Crippen molar-refractivity contribution in [1.29, 1.82) is 0 Å². The molecule has 1 N–H and O–H groups in total. The lowest BCUT2D eigenvalue weighted by Gasteiger charge is -2.38. The number of amides is 1. The fourth-order valence-corrected chi connectivity index (χ4v) is 5.49. The van der Waals surface area contributed by atoms with Crippen molar-refractivity contribution in [2.75, 3.05) is 26.2 Å². The first-order chi connectivity index (χ1) is 19.9. The maximum absolute atomic E-state index is 13.3. The van der Waals surface area contributed by atoms with Gasteiger partial charge in [-0.25, -0.2) is 18.6 Å². The molecule has 2 atom stereocenters. The number of pyridine rings is 1. The lowest BCUT2D eigenvalue weighted by molar-refractivity contribution is 0.0110. The van der Waals surface area contributed by atoms with Crippen LogP contribution < -0.4 is 0 Å². The van der Waals surface area contributed by atoms with Gasteiger partial charge in [0, 0.05) is 81.2 Å². The van der Waals surface area contributed by atoms with Crippen LogP contribution in [0.4, 0.5) is 13.6 Å². The van der Waals surface area contributed by atoms with Gasteiger partial charge >= 0.3 is 6.09 Å². The molecule has 9 nitrogen and oxygen atoms in total. The van der Waals surface area contributed by atoms with Crippen molar-refractivity contribution in [3.63, 3.8) is 0 Å². The van der Waals surface area contributed by atoms with Gasteiger partial charge in [0.05, 0.1) is 17.2 Å². The number of nitrogens with zero attached hydrogens (tertiary/aromatic N) is 6. The standard InChI is InChI=1S/C31H37F2N7O2/c1-20(38-9-11-39(12-10-38)29(41)42-30(2,3)4)21-7-8-34-25(13-21)15-28-36-26-6-5-22(14-27(26)37-28)23-17-35-40(18-23)19-24-16-31(24,32)33/h5-8,13-14,17-18,20,24H,9-12,15-16,19H2,1-4H3,(H,36,37). The van der Waals surface area contributed by atoms with Gasteiger partial charge in [0.1, 0.15) is 11.4 Å². The van der Waals surface area contributed by atoms with Gasteiger partial charge in [-0.05, 0) is 63.1 Å². The largest absolute Gasteiger partial charge is 0.444 e. The van der Waals surface area contributed by atoms with E-state index in [0.29, 0.717) is 19.5 Å². The van der Waals surface area contributed by atoms with Crippen LogP contribution >= 0.6 is 0 Å². The predicted molar refractivity (Wildman–Crippen MR) is 155 cm³/mol. The minimum absolute atomic E-state index is 0.0609. The number of hydrogen-bond acceptors (Lipinski definition) is 6. The van der Waals surface area contributed by atoms with Gasteiger partial charge in [-0.15, -0.1) is 0 Å². The second-order valence-electron chi connectivity index (χ2n) is 12.5. The second kappa shape index (κ2) is 10.8. The summed E-state index contributed by atoms with van der Waals surface area (Å²) in [6.07, 6.45) is 5.62. The zero-order chi connectivity index (χ0) is 29.6. The molecule has 1 saturated carbocycles. The number of H-pyrrole nitrogens is 1. The van der Waals surface area contributed by atoms with Crippen LogP contribution in [0.1, 0.15) is 57.2 Å². The number of aromatic amines is 1. The van der Waals surface area contributed by atoms with Crippen LogP contribution in [-0.2, 0) is 17.7 Å². The SMILES string of the molecule is CC(c1ccnc(Cc2nc3ccc(-c4cnn(CC5CC5(F)F)c4)cc3[nH]2)c1)N1CCN(C(=O)OC(C)(C)C)CC1. The summed E-state index contributed by atoms with van der Waals surface area (Å²) in [6.45, 7) is 10.9. The highest BCUT2D eigenvalue weighted by Gasteiger charge is 2.56.